The first kappa shape index (κ1) is 10.9. The van der Waals surface area contributed by atoms with E-state index >= 15 is 0 Å². The molecule has 0 aliphatic carbocycles. The number of nitrogens with zero attached hydrogens (tertiary/aromatic N) is 3. The number of hydrogen-bond acceptors (Lipinski definition) is 5. The van der Waals surface area contributed by atoms with E-state index in [4.69, 9.17) is 4.74 Å². The van der Waals surface area contributed by atoms with Gasteiger partial charge in [-0.15, -0.1) is 0 Å². The number of fused-ring (bicyclic) bond motifs is 1. The van der Waals surface area contributed by atoms with Crippen molar-refractivity contribution >= 4 is 32.9 Å². The third-order valence-electron chi connectivity index (χ3n) is 1.86. The maximum atomic E-state index is 11.4. The Morgan fingerprint density at radius 2 is 2.19 bits per heavy atom. The molecule has 5 nitrogen and oxygen atoms in total. The van der Waals surface area contributed by atoms with E-state index in [0.29, 0.717) is 17.6 Å². The Bertz CT molecular complexity index is 545. The summed E-state index contributed by atoms with van der Waals surface area (Å²) < 4.78 is 5.61. The van der Waals surface area contributed by atoms with Crippen LogP contribution in [0.1, 0.15) is 17.5 Å². The highest BCUT2D eigenvalue weighted by Gasteiger charge is 2.11. The van der Waals surface area contributed by atoms with E-state index in [-0.39, 0.29) is 5.82 Å². The molecule has 2 heterocycles. The van der Waals surface area contributed by atoms with Gasteiger partial charge in [0.25, 0.3) is 0 Å². The molecule has 0 saturated heterocycles. The first-order chi connectivity index (χ1) is 7.70. The monoisotopic (exact) mass is 281 g/mol. The van der Waals surface area contributed by atoms with Crippen LogP contribution in [0.25, 0.3) is 11.0 Å². The average molecular weight is 282 g/mol. The van der Waals surface area contributed by atoms with Crippen LogP contribution < -0.4 is 0 Å². The molecule has 0 bridgehead atoms. The molecule has 0 aliphatic rings. The van der Waals surface area contributed by atoms with Crippen LogP contribution in [-0.2, 0) is 4.74 Å². The quantitative estimate of drug-likeness (QED) is 0.788. The summed E-state index contributed by atoms with van der Waals surface area (Å²) in [5.74, 6) is -0.473. The lowest BCUT2D eigenvalue weighted by molar-refractivity contribution is 0.0512. The highest BCUT2D eigenvalue weighted by atomic mass is 79.9. The molecule has 6 heteroatoms. The van der Waals surface area contributed by atoms with Gasteiger partial charge in [-0.25, -0.2) is 14.8 Å². The van der Waals surface area contributed by atoms with Crippen molar-refractivity contribution in [2.24, 2.45) is 0 Å². The molecule has 16 heavy (non-hydrogen) atoms. The molecule has 0 N–H and O–H groups in total. The van der Waals surface area contributed by atoms with Crippen LogP contribution in [-0.4, -0.2) is 27.5 Å². The lowest BCUT2D eigenvalue weighted by Crippen LogP contribution is -2.09. The number of ether oxygens (including phenoxy) is 1. The number of carbonyl (C=O) groups excluding carboxylic acids is 1. The van der Waals surface area contributed by atoms with Gasteiger partial charge in [-0.05, 0) is 28.9 Å². The number of hydrogen-bond donors (Lipinski definition) is 0. The summed E-state index contributed by atoms with van der Waals surface area (Å²) in [6.07, 6.45) is 3.15. The second kappa shape index (κ2) is 4.52. The lowest BCUT2D eigenvalue weighted by Gasteiger charge is -2.01. The Kier molecular flexibility index (Phi) is 3.09. The zero-order chi connectivity index (χ0) is 11.5. The normalized spacial score (nSPS) is 10.4. The van der Waals surface area contributed by atoms with E-state index in [0.717, 1.165) is 4.47 Å². The van der Waals surface area contributed by atoms with Crippen molar-refractivity contribution in [2.75, 3.05) is 6.61 Å². The van der Waals surface area contributed by atoms with Gasteiger partial charge < -0.3 is 4.74 Å². The molecule has 0 spiro atoms. The highest BCUT2D eigenvalue weighted by molar-refractivity contribution is 9.10. The maximum Gasteiger partial charge on any atom is 0.376 e. The number of rotatable bonds is 2. The molecule has 2 aromatic heterocycles. The second-order valence-corrected chi connectivity index (χ2v) is 3.89. The van der Waals surface area contributed by atoms with E-state index in [1.54, 1.807) is 19.2 Å². The van der Waals surface area contributed by atoms with Crippen LogP contribution in [0.5, 0.6) is 0 Å². The smallest absolute Gasteiger partial charge is 0.376 e. The minimum Gasteiger partial charge on any atom is -0.460 e. The molecule has 0 saturated carbocycles. The van der Waals surface area contributed by atoms with Crippen molar-refractivity contribution < 1.29 is 9.53 Å². The van der Waals surface area contributed by atoms with Crippen molar-refractivity contribution in [3.63, 3.8) is 0 Å². The molecule has 2 rings (SSSR count). The summed E-state index contributed by atoms with van der Waals surface area (Å²) in [6, 6.07) is 1.77. The molecule has 0 aliphatic heterocycles. The van der Waals surface area contributed by atoms with Crippen LogP contribution in [0.15, 0.2) is 22.9 Å². The summed E-state index contributed by atoms with van der Waals surface area (Å²) in [6.45, 7) is 2.04. The van der Waals surface area contributed by atoms with Crippen molar-refractivity contribution in [1.29, 1.82) is 0 Å². The van der Waals surface area contributed by atoms with E-state index < -0.39 is 5.97 Å². The molecule has 0 atom stereocenters. The van der Waals surface area contributed by atoms with Gasteiger partial charge in [-0.2, -0.15) is 0 Å². The number of pyridine rings is 1. The minimum absolute atomic E-state index is 0.0502. The third kappa shape index (κ3) is 2.16. The Labute approximate surface area is 100 Å². The topological polar surface area (TPSA) is 65.0 Å². The lowest BCUT2D eigenvalue weighted by atomic mass is 10.3. The number of esters is 1. The molecule has 0 fully saturated rings. The standard InChI is InChI=1S/C10H8BrN3O2/c1-2-16-10(15)9-13-5-8-7(14-9)3-6(11)4-12-8/h3-5H,2H2,1H3. The van der Waals surface area contributed by atoms with Crippen LogP contribution >= 0.6 is 15.9 Å². The summed E-state index contributed by atoms with van der Waals surface area (Å²) in [4.78, 5) is 23.5. The Morgan fingerprint density at radius 1 is 1.38 bits per heavy atom. The second-order valence-electron chi connectivity index (χ2n) is 2.97. The van der Waals surface area contributed by atoms with Gasteiger partial charge in [0.15, 0.2) is 0 Å². The fourth-order valence-electron chi connectivity index (χ4n) is 1.19. The van der Waals surface area contributed by atoms with Crippen LogP contribution in [0.2, 0.25) is 0 Å². The van der Waals surface area contributed by atoms with Crippen LogP contribution in [0, 0.1) is 0 Å². The predicted octanol–water partition coefficient (Wildman–Crippen LogP) is 1.96. The largest absolute Gasteiger partial charge is 0.460 e. The van der Waals surface area contributed by atoms with E-state index in [9.17, 15) is 4.79 Å². The van der Waals surface area contributed by atoms with Crippen LogP contribution in [0.3, 0.4) is 0 Å². The molecule has 2 aromatic rings. The molecule has 0 amide bonds. The molecule has 0 unspecified atom stereocenters. The third-order valence-corrected chi connectivity index (χ3v) is 2.29. The molecule has 0 radical (unpaired) electrons. The van der Waals surface area contributed by atoms with Crippen LogP contribution in [0.4, 0.5) is 0 Å². The van der Waals surface area contributed by atoms with Gasteiger partial charge in [0.05, 0.1) is 18.3 Å². The van der Waals surface area contributed by atoms with Crippen molar-refractivity contribution in [2.45, 2.75) is 6.92 Å². The Hall–Kier alpha value is -1.56. The van der Waals surface area contributed by atoms with Gasteiger partial charge >= 0.3 is 5.97 Å². The van der Waals surface area contributed by atoms with E-state index in [1.165, 1.54) is 6.20 Å². The molecule has 82 valence electrons. The van der Waals surface area contributed by atoms with Gasteiger partial charge in [-0.1, -0.05) is 0 Å². The molecular weight excluding hydrogens is 274 g/mol. The first-order valence-electron chi connectivity index (χ1n) is 4.66. The summed E-state index contributed by atoms with van der Waals surface area (Å²) in [5, 5.41) is 0. The van der Waals surface area contributed by atoms with Gasteiger partial charge in [-0.3, -0.25) is 4.98 Å². The minimum atomic E-state index is -0.524. The van der Waals surface area contributed by atoms with Gasteiger partial charge in [0.1, 0.15) is 5.52 Å². The summed E-state index contributed by atoms with van der Waals surface area (Å²) in [5.41, 5.74) is 1.24. The maximum absolute atomic E-state index is 11.4. The Morgan fingerprint density at radius 3 is 2.94 bits per heavy atom. The van der Waals surface area contributed by atoms with Crippen molar-refractivity contribution in [3.8, 4) is 0 Å². The van der Waals surface area contributed by atoms with E-state index in [1.807, 2.05) is 0 Å². The number of halogens is 1. The Balaban J connectivity index is 2.46. The first-order valence-corrected chi connectivity index (χ1v) is 5.45. The van der Waals surface area contributed by atoms with Gasteiger partial charge in [0.2, 0.25) is 5.82 Å². The SMILES string of the molecule is CCOC(=O)c1ncc2ncc(Br)cc2n1. The average Bonchev–Trinajstić information content (AvgIpc) is 2.28. The zero-order valence-corrected chi connectivity index (χ0v) is 10.1. The fourth-order valence-corrected chi connectivity index (χ4v) is 1.51. The predicted molar refractivity (Wildman–Crippen MR) is 61.0 cm³/mol. The highest BCUT2D eigenvalue weighted by Crippen LogP contribution is 2.14. The number of carbonyl (C=O) groups is 1. The summed E-state index contributed by atoms with van der Waals surface area (Å²) >= 11 is 3.29. The van der Waals surface area contributed by atoms with Crippen molar-refractivity contribution in [3.05, 3.63) is 28.8 Å². The number of aromatic nitrogens is 3. The fraction of sp³-hybridized carbons (Fsp3) is 0.200. The summed E-state index contributed by atoms with van der Waals surface area (Å²) in [7, 11) is 0. The zero-order valence-electron chi connectivity index (χ0n) is 8.48. The molecular formula is C10H8BrN3O2. The molecule has 0 aromatic carbocycles. The van der Waals surface area contributed by atoms with Gasteiger partial charge in [0, 0.05) is 10.7 Å². The van der Waals surface area contributed by atoms with Crippen molar-refractivity contribution in [1.82, 2.24) is 15.0 Å². The van der Waals surface area contributed by atoms with E-state index in [2.05, 4.69) is 30.9 Å².